The minimum Gasteiger partial charge on any atom is -0.123 e. The highest BCUT2D eigenvalue weighted by atomic mass is 35.5. The minimum absolute atomic E-state index is 0.421. The van der Waals surface area contributed by atoms with Crippen molar-refractivity contribution in [1.29, 1.82) is 0 Å². The standard InChI is InChI=1S/C23H43Cl/c1-3-5-7-9-11-13-15-17-19-21-23(24)22-20-18-16-14-12-10-8-6-4-2/h3-4,23H,1-2,5-22H2. The van der Waals surface area contributed by atoms with E-state index in [1.54, 1.807) is 0 Å². The highest BCUT2D eigenvalue weighted by molar-refractivity contribution is 6.20. The van der Waals surface area contributed by atoms with Gasteiger partial charge in [-0.1, -0.05) is 89.2 Å². The van der Waals surface area contributed by atoms with Crippen molar-refractivity contribution in [2.75, 3.05) is 0 Å². The second-order valence-electron chi connectivity index (χ2n) is 7.28. The van der Waals surface area contributed by atoms with Crippen molar-refractivity contribution in [2.45, 2.75) is 121 Å². The Morgan fingerprint density at radius 1 is 0.500 bits per heavy atom. The van der Waals surface area contributed by atoms with Gasteiger partial charge < -0.3 is 0 Å². The molecule has 0 saturated heterocycles. The Bertz CT molecular complexity index is 233. The zero-order valence-corrected chi connectivity index (χ0v) is 17.0. The van der Waals surface area contributed by atoms with Gasteiger partial charge in [0.15, 0.2) is 0 Å². The van der Waals surface area contributed by atoms with Crippen molar-refractivity contribution in [3.05, 3.63) is 25.3 Å². The van der Waals surface area contributed by atoms with E-state index < -0.39 is 0 Å². The van der Waals surface area contributed by atoms with Gasteiger partial charge in [-0.3, -0.25) is 0 Å². The minimum atomic E-state index is 0.421. The van der Waals surface area contributed by atoms with E-state index in [2.05, 4.69) is 13.2 Å². The van der Waals surface area contributed by atoms with Crippen LogP contribution >= 0.6 is 11.6 Å². The van der Waals surface area contributed by atoms with E-state index in [9.17, 15) is 0 Å². The quantitative estimate of drug-likeness (QED) is 0.116. The Balaban J connectivity index is 3.14. The van der Waals surface area contributed by atoms with Crippen molar-refractivity contribution in [3.63, 3.8) is 0 Å². The number of rotatable bonds is 20. The highest BCUT2D eigenvalue weighted by Crippen LogP contribution is 2.18. The summed E-state index contributed by atoms with van der Waals surface area (Å²) in [5.41, 5.74) is 0. The molecule has 0 saturated carbocycles. The monoisotopic (exact) mass is 354 g/mol. The maximum atomic E-state index is 6.46. The molecule has 0 amide bonds. The summed E-state index contributed by atoms with van der Waals surface area (Å²) in [6.45, 7) is 7.54. The molecular weight excluding hydrogens is 312 g/mol. The summed E-state index contributed by atoms with van der Waals surface area (Å²) in [6, 6.07) is 0. The van der Waals surface area contributed by atoms with Gasteiger partial charge in [-0.2, -0.15) is 0 Å². The molecule has 0 rings (SSSR count). The summed E-state index contributed by atoms with van der Waals surface area (Å²) >= 11 is 6.46. The Labute approximate surface area is 158 Å². The van der Waals surface area contributed by atoms with Gasteiger partial charge in [0.05, 0.1) is 0 Å². The maximum Gasteiger partial charge on any atom is 0.0336 e. The zero-order chi connectivity index (χ0) is 17.7. The van der Waals surface area contributed by atoms with Crippen LogP contribution in [0.3, 0.4) is 0 Å². The smallest absolute Gasteiger partial charge is 0.0336 e. The van der Waals surface area contributed by atoms with Gasteiger partial charge in [0.2, 0.25) is 0 Å². The van der Waals surface area contributed by atoms with Crippen LogP contribution < -0.4 is 0 Å². The average Bonchev–Trinajstić information content (AvgIpc) is 2.59. The van der Waals surface area contributed by atoms with Gasteiger partial charge in [-0.15, -0.1) is 24.8 Å². The second-order valence-corrected chi connectivity index (χ2v) is 7.90. The number of alkyl halides is 1. The van der Waals surface area contributed by atoms with Crippen molar-refractivity contribution < 1.29 is 0 Å². The third kappa shape index (κ3) is 19.8. The molecule has 0 atom stereocenters. The molecule has 0 aliphatic heterocycles. The third-order valence-electron chi connectivity index (χ3n) is 4.85. The van der Waals surface area contributed by atoms with Crippen LogP contribution in [0.4, 0.5) is 0 Å². The normalized spacial score (nSPS) is 11.1. The summed E-state index contributed by atoms with van der Waals surface area (Å²) < 4.78 is 0. The molecule has 0 radical (unpaired) electrons. The Hall–Kier alpha value is -0.230. The summed E-state index contributed by atoms with van der Waals surface area (Å²) in [6.07, 6.45) is 28.0. The van der Waals surface area contributed by atoms with E-state index in [1.165, 1.54) is 116 Å². The molecule has 142 valence electrons. The molecule has 0 aliphatic carbocycles. The predicted octanol–water partition coefficient (Wildman–Crippen LogP) is 8.99. The molecule has 0 nitrogen and oxygen atoms in total. The highest BCUT2D eigenvalue weighted by Gasteiger charge is 2.04. The Morgan fingerprint density at radius 3 is 1.12 bits per heavy atom. The third-order valence-corrected chi connectivity index (χ3v) is 5.29. The zero-order valence-electron chi connectivity index (χ0n) is 16.3. The number of hydrogen-bond donors (Lipinski definition) is 0. The van der Waals surface area contributed by atoms with Crippen LogP contribution in [-0.2, 0) is 0 Å². The van der Waals surface area contributed by atoms with Crippen molar-refractivity contribution in [1.82, 2.24) is 0 Å². The Morgan fingerprint density at radius 2 is 0.792 bits per heavy atom. The van der Waals surface area contributed by atoms with Gasteiger partial charge in [-0.05, 0) is 38.5 Å². The molecule has 24 heavy (non-hydrogen) atoms. The first kappa shape index (κ1) is 23.8. The molecule has 0 unspecified atom stereocenters. The van der Waals surface area contributed by atoms with Crippen LogP contribution in [0.2, 0.25) is 0 Å². The van der Waals surface area contributed by atoms with Crippen molar-refractivity contribution in [2.24, 2.45) is 0 Å². The van der Waals surface area contributed by atoms with Gasteiger partial charge >= 0.3 is 0 Å². The first-order chi connectivity index (χ1) is 11.8. The first-order valence-corrected chi connectivity index (χ1v) is 11.1. The fourth-order valence-electron chi connectivity index (χ4n) is 3.22. The fraction of sp³-hybridized carbons (Fsp3) is 0.826. The molecule has 0 aliphatic rings. The fourth-order valence-corrected chi connectivity index (χ4v) is 3.53. The lowest BCUT2D eigenvalue weighted by atomic mass is 10.0. The lowest BCUT2D eigenvalue weighted by molar-refractivity contribution is 0.530. The molecule has 0 N–H and O–H groups in total. The number of halogens is 1. The second kappa shape index (κ2) is 20.8. The van der Waals surface area contributed by atoms with Crippen LogP contribution in [0.15, 0.2) is 25.3 Å². The molecule has 0 bridgehead atoms. The number of hydrogen-bond acceptors (Lipinski definition) is 0. The van der Waals surface area contributed by atoms with Gasteiger partial charge in [-0.25, -0.2) is 0 Å². The molecule has 0 aromatic heterocycles. The number of unbranched alkanes of at least 4 members (excludes halogenated alkanes) is 14. The lowest BCUT2D eigenvalue weighted by Crippen LogP contribution is -1.98. The van der Waals surface area contributed by atoms with E-state index >= 15 is 0 Å². The van der Waals surface area contributed by atoms with Gasteiger partial charge in [0, 0.05) is 5.38 Å². The summed E-state index contributed by atoms with van der Waals surface area (Å²) in [5.74, 6) is 0. The molecule has 1 heteroatoms. The molecule has 0 heterocycles. The largest absolute Gasteiger partial charge is 0.123 e. The Kier molecular flexibility index (Phi) is 20.6. The van der Waals surface area contributed by atoms with Crippen molar-refractivity contribution >= 4 is 11.6 Å². The van der Waals surface area contributed by atoms with Crippen LogP contribution in [-0.4, -0.2) is 5.38 Å². The molecular formula is C23H43Cl. The van der Waals surface area contributed by atoms with E-state index in [1.807, 2.05) is 12.2 Å². The van der Waals surface area contributed by atoms with Crippen LogP contribution in [0.25, 0.3) is 0 Å². The van der Waals surface area contributed by atoms with E-state index in [-0.39, 0.29) is 0 Å². The lowest BCUT2D eigenvalue weighted by Gasteiger charge is -2.09. The first-order valence-electron chi connectivity index (χ1n) is 10.7. The molecule has 0 spiro atoms. The van der Waals surface area contributed by atoms with E-state index in [0.717, 1.165) is 0 Å². The topological polar surface area (TPSA) is 0 Å². The van der Waals surface area contributed by atoms with Crippen LogP contribution in [0.1, 0.15) is 116 Å². The predicted molar refractivity (Wildman–Crippen MR) is 113 cm³/mol. The SMILES string of the molecule is C=CCCCCCCCCCC(Cl)CCCCCCCCCC=C. The average molecular weight is 355 g/mol. The van der Waals surface area contributed by atoms with Gasteiger partial charge in [0.25, 0.3) is 0 Å². The maximum absolute atomic E-state index is 6.46. The summed E-state index contributed by atoms with van der Waals surface area (Å²) in [4.78, 5) is 0. The molecule has 0 aromatic rings. The molecule has 0 fully saturated rings. The summed E-state index contributed by atoms with van der Waals surface area (Å²) in [7, 11) is 0. The van der Waals surface area contributed by atoms with Crippen LogP contribution in [0, 0.1) is 0 Å². The van der Waals surface area contributed by atoms with Crippen molar-refractivity contribution in [3.8, 4) is 0 Å². The van der Waals surface area contributed by atoms with Crippen LogP contribution in [0.5, 0.6) is 0 Å². The van der Waals surface area contributed by atoms with E-state index in [0.29, 0.717) is 5.38 Å². The summed E-state index contributed by atoms with van der Waals surface area (Å²) in [5, 5.41) is 0.421. The van der Waals surface area contributed by atoms with Gasteiger partial charge in [0.1, 0.15) is 0 Å². The van der Waals surface area contributed by atoms with E-state index in [4.69, 9.17) is 11.6 Å². The molecule has 0 aromatic carbocycles. The number of allylic oxidation sites excluding steroid dienone is 2.